The molecule has 4 rings (SSSR count). The first kappa shape index (κ1) is 22.6. The first-order valence-corrected chi connectivity index (χ1v) is 11.9. The average molecular weight is 498 g/mol. The maximum Gasteiger partial charge on any atom is 0.410 e. The van der Waals surface area contributed by atoms with Crippen molar-refractivity contribution < 1.29 is 13.9 Å². The second kappa shape index (κ2) is 8.74. The Labute approximate surface area is 196 Å². The average Bonchev–Trinajstić information content (AvgIpc) is 3.23. The van der Waals surface area contributed by atoms with E-state index in [0.717, 1.165) is 34.9 Å². The van der Waals surface area contributed by atoms with Crippen LogP contribution in [0.2, 0.25) is 0 Å². The van der Waals surface area contributed by atoms with Gasteiger partial charge in [-0.3, -0.25) is 0 Å². The lowest BCUT2D eigenvalue weighted by molar-refractivity contribution is 0.0224. The summed E-state index contributed by atoms with van der Waals surface area (Å²) in [6.45, 7) is 8.27. The van der Waals surface area contributed by atoms with E-state index in [-0.39, 0.29) is 22.6 Å². The number of nitrogens with zero attached hydrogens (tertiary/aromatic N) is 1. The van der Waals surface area contributed by atoms with Crippen molar-refractivity contribution in [2.24, 2.45) is 0 Å². The van der Waals surface area contributed by atoms with Gasteiger partial charge in [-0.1, -0.05) is 52.3 Å². The van der Waals surface area contributed by atoms with Crippen molar-refractivity contribution in [1.82, 2.24) is 4.90 Å². The Morgan fingerprint density at radius 1 is 1.16 bits per heavy atom. The molecule has 168 valence electrons. The van der Waals surface area contributed by atoms with Gasteiger partial charge in [-0.25, -0.2) is 9.59 Å². The number of benzene rings is 2. The fourth-order valence-electron chi connectivity index (χ4n) is 4.35. The second-order valence-electron chi connectivity index (χ2n) is 9.25. The second-order valence-corrected chi connectivity index (χ2v) is 10.6. The van der Waals surface area contributed by atoms with E-state index in [1.807, 2.05) is 62.9 Å². The summed E-state index contributed by atoms with van der Waals surface area (Å²) in [5, 5.41) is 1.42. The minimum atomic E-state index is -0.534. The topological polar surface area (TPSA) is 59.8 Å². The number of likely N-dealkylation sites (tertiary alicyclic amines) is 1. The lowest BCUT2D eigenvalue weighted by Crippen LogP contribution is -2.36. The number of ether oxygens (including phenoxy) is 1. The fourth-order valence-corrected chi connectivity index (χ4v) is 4.67. The molecule has 1 aliphatic rings. The first-order valence-electron chi connectivity index (χ1n) is 11.0. The van der Waals surface area contributed by atoms with Gasteiger partial charge in [0.25, 0.3) is 0 Å². The van der Waals surface area contributed by atoms with E-state index in [1.54, 1.807) is 6.07 Å². The molecule has 0 bridgehead atoms. The molecule has 3 aromatic rings. The number of rotatable bonds is 3. The Balaban J connectivity index is 1.80. The molecule has 0 N–H and O–H groups in total. The lowest BCUT2D eigenvalue weighted by atomic mass is 9.94. The van der Waals surface area contributed by atoms with Crippen LogP contribution in [0.15, 0.2) is 57.7 Å². The van der Waals surface area contributed by atoms with E-state index in [2.05, 4.69) is 28.1 Å². The molecule has 2 aromatic carbocycles. The molecule has 32 heavy (non-hydrogen) atoms. The Bertz CT molecular complexity index is 1210. The third kappa shape index (κ3) is 4.46. The van der Waals surface area contributed by atoms with Crippen LogP contribution in [0.5, 0.6) is 0 Å². The van der Waals surface area contributed by atoms with Crippen LogP contribution in [0.25, 0.3) is 21.9 Å². The van der Waals surface area contributed by atoms with Crippen LogP contribution in [0.3, 0.4) is 0 Å². The van der Waals surface area contributed by atoms with Crippen LogP contribution < -0.4 is 5.63 Å². The number of hydrogen-bond acceptors (Lipinski definition) is 4. The predicted molar refractivity (Wildman–Crippen MR) is 130 cm³/mol. The van der Waals surface area contributed by atoms with Gasteiger partial charge in [0.05, 0.1) is 16.3 Å². The molecule has 0 saturated carbocycles. The molecule has 1 amide bonds. The highest BCUT2D eigenvalue weighted by atomic mass is 79.9. The smallest absolute Gasteiger partial charge is 0.410 e. The largest absolute Gasteiger partial charge is 0.444 e. The van der Waals surface area contributed by atoms with Gasteiger partial charge in [-0.15, -0.1) is 0 Å². The van der Waals surface area contributed by atoms with Crippen LogP contribution in [0.1, 0.15) is 62.7 Å². The van der Waals surface area contributed by atoms with Crippen molar-refractivity contribution >= 4 is 32.8 Å². The summed E-state index contributed by atoms with van der Waals surface area (Å²) in [6.07, 6.45) is 1.53. The number of alkyl halides is 1. The van der Waals surface area contributed by atoms with Gasteiger partial charge in [-0.2, -0.15) is 0 Å². The molecule has 6 heteroatoms. The molecule has 1 saturated heterocycles. The van der Waals surface area contributed by atoms with Crippen molar-refractivity contribution in [3.8, 4) is 11.1 Å². The first-order chi connectivity index (χ1) is 15.2. The van der Waals surface area contributed by atoms with Crippen molar-refractivity contribution in [2.45, 2.75) is 57.0 Å². The molecular weight excluding hydrogens is 470 g/mol. The van der Waals surface area contributed by atoms with Gasteiger partial charge >= 0.3 is 11.7 Å². The Kier molecular flexibility index (Phi) is 6.17. The van der Waals surface area contributed by atoms with Crippen molar-refractivity contribution in [3.63, 3.8) is 0 Å². The summed E-state index contributed by atoms with van der Waals surface area (Å²) < 4.78 is 11.4. The standard InChI is InChI=1S/C26H28BrNO4/c1-16(27)23-22(19-11-5-6-12-20(19)24(29)31-23)18-10-7-9-17(15-18)21-13-8-14-28(21)25(30)32-26(2,3)4/h5-7,9-12,15-16,21H,8,13-14H2,1-4H3/t16?,21-/m1/s1. The van der Waals surface area contributed by atoms with Crippen molar-refractivity contribution in [3.05, 3.63) is 70.3 Å². The summed E-state index contributed by atoms with van der Waals surface area (Å²) in [4.78, 5) is 27.0. The normalized spacial score (nSPS) is 17.5. The van der Waals surface area contributed by atoms with Gasteiger partial charge in [0.2, 0.25) is 0 Å². The van der Waals surface area contributed by atoms with Gasteiger partial charge in [0.1, 0.15) is 11.4 Å². The monoisotopic (exact) mass is 497 g/mol. The lowest BCUT2D eigenvalue weighted by Gasteiger charge is -2.29. The number of carbonyl (C=O) groups excluding carboxylic acids is 1. The van der Waals surface area contributed by atoms with E-state index < -0.39 is 5.60 Å². The molecule has 2 heterocycles. The van der Waals surface area contributed by atoms with E-state index in [9.17, 15) is 9.59 Å². The Morgan fingerprint density at radius 2 is 1.88 bits per heavy atom. The van der Waals surface area contributed by atoms with Crippen LogP contribution in [-0.4, -0.2) is 23.1 Å². The minimum Gasteiger partial charge on any atom is -0.444 e. The maximum atomic E-state index is 12.8. The molecule has 1 fully saturated rings. The summed E-state index contributed by atoms with van der Waals surface area (Å²) in [6, 6.07) is 15.6. The quantitative estimate of drug-likeness (QED) is 0.365. The molecule has 0 spiro atoms. The molecule has 0 radical (unpaired) electrons. The van der Waals surface area contributed by atoms with Gasteiger partial charge in [0.15, 0.2) is 0 Å². The van der Waals surface area contributed by atoms with Crippen molar-refractivity contribution in [1.29, 1.82) is 0 Å². The van der Waals surface area contributed by atoms with Crippen molar-refractivity contribution in [2.75, 3.05) is 6.54 Å². The summed E-state index contributed by atoms with van der Waals surface area (Å²) in [5.41, 5.74) is 2.03. The van der Waals surface area contributed by atoms with Crippen LogP contribution in [0.4, 0.5) is 4.79 Å². The summed E-state index contributed by atoms with van der Waals surface area (Å²) >= 11 is 3.59. The minimum absolute atomic E-state index is 0.0448. The number of carbonyl (C=O) groups is 1. The van der Waals surface area contributed by atoms with E-state index in [1.165, 1.54) is 0 Å². The molecule has 1 unspecified atom stereocenters. The summed E-state index contributed by atoms with van der Waals surface area (Å²) in [5.74, 6) is 0.598. The van der Waals surface area contributed by atoms with Gasteiger partial charge < -0.3 is 14.1 Å². The highest BCUT2D eigenvalue weighted by molar-refractivity contribution is 9.09. The number of fused-ring (bicyclic) bond motifs is 1. The zero-order valence-corrected chi connectivity index (χ0v) is 20.4. The zero-order chi connectivity index (χ0) is 23.0. The van der Waals surface area contributed by atoms with Crippen LogP contribution >= 0.6 is 15.9 Å². The van der Waals surface area contributed by atoms with Crippen LogP contribution in [-0.2, 0) is 4.74 Å². The molecule has 1 aliphatic heterocycles. The Hall–Kier alpha value is -2.60. The third-order valence-electron chi connectivity index (χ3n) is 5.67. The fraction of sp³-hybridized carbons (Fsp3) is 0.385. The maximum absolute atomic E-state index is 12.8. The molecule has 1 aromatic heterocycles. The van der Waals surface area contributed by atoms with E-state index in [0.29, 0.717) is 17.7 Å². The SMILES string of the molecule is CC(Br)c1oc(=O)c2ccccc2c1-c1cccc([C@H]2CCCN2C(=O)OC(C)(C)C)c1. The summed E-state index contributed by atoms with van der Waals surface area (Å²) in [7, 11) is 0. The molecule has 0 aliphatic carbocycles. The molecule has 5 nitrogen and oxygen atoms in total. The molecular formula is C26H28BrNO4. The van der Waals surface area contributed by atoms with Gasteiger partial charge in [0, 0.05) is 17.5 Å². The van der Waals surface area contributed by atoms with E-state index in [4.69, 9.17) is 9.15 Å². The zero-order valence-electron chi connectivity index (χ0n) is 18.9. The Morgan fingerprint density at radius 3 is 2.56 bits per heavy atom. The predicted octanol–water partition coefficient (Wildman–Crippen LogP) is 6.99. The van der Waals surface area contributed by atoms with E-state index >= 15 is 0 Å². The third-order valence-corrected chi connectivity index (χ3v) is 6.08. The molecule has 2 atom stereocenters. The van der Waals surface area contributed by atoms with Crippen LogP contribution in [0, 0.1) is 0 Å². The highest BCUT2D eigenvalue weighted by Gasteiger charge is 2.33. The number of hydrogen-bond donors (Lipinski definition) is 0. The number of amides is 1. The number of halogens is 1. The highest BCUT2D eigenvalue weighted by Crippen LogP contribution is 2.39. The van der Waals surface area contributed by atoms with Gasteiger partial charge in [-0.05, 0) is 63.8 Å².